The van der Waals surface area contributed by atoms with Gasteiger partial charge in [0.05, 0.1) is 22.5 Å². The van der Waals surface area contributed by atoms with Crippen LogP contribution < -0.4 is 10.6 Å². The number of fused-ring (bicyclic) bond motifs is 2. The molecule has 217 valence electrons. The van der Waals surface area contributed by atoms with E-state index in [1.807, 2.05) is 18.2 Å². The van der Waals surface area contributed by atoms with Crippen molar-refractivity contribution in [2.45, 2.75) is 43.7 Å². The Morgan fingerprint density at radius 1 is 1.13 bits per heavy atom. The molecule has 2 bridgehead atoms. The van der Waals surface area contributed by atoms with Crippen molar-refractivity contribution in [3.63, 3.8) is 0 Å². The van der Waals surface area contributed by atoms with Crippen LogP contribution in [-0.2, 0) is 40.2 Å². The van der Waals surface area contributed by atoms with Crippen LogP contribution in [0.2, 0.25) is 10.0 Å². The number of carbonyl (C=O) groups is 2. The van der Waals surface area contributed by atoms with Crippen LogP contribution in [-0.4, -0.2) is 91.8 Å². The molecule has 0 aliphatic carbocycles. The summed E-state index contributed by atoms with van der Waals surface area (Å²) in [4.78, 5) is 30.2. The number of hydrogen-bond donors (Lipinski definition) is 4. The number of carbonyl (C=O) groups excluding carboxylic acids is 2. The minimum atomic E-state index is -0.198. The number of piperidine rings is 1. The summed E-state index contributed by atoms with van der Waals surface area (Å²) >= 11 is 21.0. The fourth-order valence-corrected chi connectivity index (χ4v) is 6.41. The zero-order valence-electron chi connectivity index (χ0n) is 21.6. The molecule has 13 heteroatoms. The number of rotatable bonds is 14. The van der Waals surface area contributed by atoms with Crippen LogP contribution >= 0.6 is 48.5 Å². The van der Waals surface area contributed by atoms with Gasteiger partial charge in [-0.05, 0) is 62.4 Å². The van der Waals surface area contributed by atoms with Crippen LogP contribution in [0.3, 0.4) is 0 Å². The first-order chi connectivity index (χ1) is 17.4. The van der Waals surface area contributed by atoms with Crippen LogP contribution in [0.1, 0.15) is 37.2 Å². The number of halogens is 2. The van der Waals surface area contributed by atoms with Gasteiger partial charge < -0.3 is 20.8 Å². The summed E-state index contributed by atoms with van der Waals surface area (Å²) in [5.74, 6) is 1.22. The topological polar surface area (TPSA) is 102 Å². The van der Waals surface area contributed by atoms with Gasteiger partial charge in [0.1, 0.15) is 6.73 Å². The summed E-state index contributed by atoms with van der Waals surface area (Å²) in [6.07, 6.45) is 3.87. The monoisotopic (exact) mass is 779 g/mol. The van der Waals surface area contributed by atoms with E-state index in [1.165, 1.54) is 0 Å². The van der Waals surface area contributed by atoms with Crippen LogP contribution in [0.25, 0.3) is 0 Å². The maximum atomic E-state index is 13.4. The molecular formula is C25H38Cl2N4O4ReS2-2. The van der Waals surface area contributed by atoms with Crippen molar-refractivity contribution < 1.29 is 40.2 Å². The minimum Gasteiger partial charge on any atom is -2.00 e. The Morgan fingerprint density at radius 3 is 2.55 bits per heavy atom. The number of hydrogen-bond acceptors (Lipinski definition) is 7. The van der Waals surface area contributed by atoms with Gasteiger partial charge in [-0.15, -0.1) is 0 Å². The van der Waals surface area contributed by atoms with Crippen molar-refractivity contribution >= 4 is 60.3 Å². The Balaban J connectivity index is 0.00000361. The molecule has 1 aromatic rings. The fraction of sp³-hybridized carbons (Fsp3) is 0.680. The minimum absolute atomic E-state index is 0. The largest absolute Gasteiger partial charge is 2.00 e. The van der Waals surface area contributed by atoms with Gasteiger partial charge >= 0.3 is 0 Å². The molecule has 3 unspecified atom stereocenters. The number of nitrogens with one attached hydrogen (secondary N) is 2. The summed E-state index contributed by atoms with van der Waals surface area (Å²) in [7, 11) is 1.57. The quantitative estimate of drug-likeness (QED) is 0.172. The van der Waals surface area contributed by atoms with Crippen LogP contribution in [0, 0.1) is 5.92 Å². The molecule has 3 rings (SSSR count). The van der Waals surface area contributed by atoms with E-state index in [4.69, 9.17) is 27.9 Å². The summed E-state index contributed by atoms with van der Waals surface area (Å²) in [5, 5.41) is 6.87. The molecule has 1 radical (unpaired) electrons. The molecule has 1 aromatic carbocycles. The Morgan fingerprint density at radius 2 is 1.89 bits per heavy atom. The Kier molecular flexibility index (Phi) is 17.4. The molecule has 2 N–H and O–H groups in total. The van der Waals surface area contributed by atoms with Gasteiger partial charge in [0.25, 0.3) is 0 Å². The van der Waals surface area contributed by atoms with Gasteiger partial charge in [-0.2, -0.15) is 25.3 Å². The van der Waals surface area contributed by atoms with Crippen molar-refractivity contribution in [3.05, 3.63) is 33.8 Å². The van der Waals surface area contributed by atoms with Gasteiger partial charge in [-0.3, -0.25) is 19.4 Å². The standard InChI is InChI=1S/C25H38Cl2N4O3S2.O.Re/c1-34-16-29-25(33)24-19(17-3-5-20(26)21(27)13-17)14-18-4-6-22(24)31(18)9-2-8-30(10-12-36)15-23(32)28-7-11-35;;/h3,5,13,18-19,22,24,35-36H,2,4,6-12,14-16H2,1H3,(H,28,32)(H,29,33);;/q;-2;/t18?,19?,22-,24?;;/m1../s1. The SMILES string of the molecule is COCNC(=O)C1C(c2ccc(Cl)c(Cl)c2)CC2CC[C@H]1N2CCCN(CCS)CC(=O)NCCS.[O-2].[Re]. The first-order valence-electron chi connectivity index (χ1n) is 12.6. The van der Waals surface area contributed by atoms with E-state index in [0.29, 0.717) is 40.7 Å². The number of nitrogens with zero attached hydrogens (tertiary/aromatic N) is 2. The molecule has 2 saturated heterocycles. The molecule has 0 aromatic heterocycles. The van der Waals surface area contributed by atoms with Gasteiger partial charge in [-0.25, -0.2) is 0 Å². The third kappa shape index (κ3) is 9.79. The van der Waals surface area contributed by atoms with E-state index in [-0.39, 0.29) is 62.3 Å². The Hall–Kier alpha value is -0.0577. The molecular weight excluding hydrogens is 742 g/mol. The third-order valence-corrected chi connectivity index (χ3v) is 8.40. The van der Waals surface area contributed by atoms with Gasteiger partial charge in [0, 0.05) is 64.2 Å². The van der Waals surface area contributed by atoms with Gasteiger partial charge in [0.15, 0.2) is 0 Å². The summed E-state index contributed by atoms with van der Waals surface area (Å²) < 4.78 is 5.12. The molecule has 2 heterocycles. The fourth-order valence-electron chi connectivity index (χ4n) is 5.71. The van der Waals surface area contributed by atoms with E-state index in [9.17, 15) is 9.59 Å². The predicted molar refractivity (Wildman–Crippen MR) is 153 cm³/mol. The van der Waals surface area contributed by atoms with Crippen LogP contribution in [0.5, 0.6) is 0 Å². The molecule has 0 saturated carbocycles. The van der Waals surface area contributed by atoms with E-state index in [1.54, 1.807) is 7.11 Å². The second-order valence-electron chi connectivity index (χ2n) is 9.48. The van der Waals surface area contributed by atoms with E-state index < -0.39 is 0 Å². The second kappa shape index (κ2) is 18.4. The first-order valence-corrected chi connectivity index (χ1v) is 14.6. The molecule has 2 aliphatic heterocycles. The zero-order valence-corrected chi connectivity index (χ0v) is 27.6. The van der Waals surface area contributed by atoms with Crippen molar-refractivity contribution in [3.8, 4) is 0 Å². The smallest absolute Gasteiger partial charge is 0.234 e. The number of ether oxygens (including phenoxy) is 1. The zero-order chi connectivity index (χ0) is 26.1. The van der Waals surface area contributed by atoms with E-state index in [2.05, 4.69) is 45.7 Å². The average molecular weight is 780 g/mol. The first kappa shape index (κ1) is 36.0. The molecule has 0 spiro atoms. The normalized spacial score (nSPS) is 22.5. The number of methoxy groups -OCH3 is 1. The van der Waals surface area contributed by atoms with Crippen LogP contribution in [0.4, 0.5) is 0 Å². The number of amides is 2. The molecule has 38 heavy (non-hydrogen) atoms. The van der Waals surface area contributed by atoms with Crippen molar-refractivity contribution in [2.75, 3.05) is 58.1 Å². The van der Waals surface area contributed by atoms with Crippen molar-refractivity contribution in [1.82, 2.24) is 20.4 Å². The second-order valence-corrected chi connectivity index (χ2v) is 11.2. The van der Waals surface area contributed by atoms with Gasteiger partial charge in [0.2, 0.25) is 11.8 Å². The summed E-state index contributed by atoms with van der Waals surface area (Å²) in [6.45, 7) is 3.57. The molecule has 4 atom stereocenters. The molecule has 8 nitrogen and oxygen atoms in total. The Labute approximate surface area is 261 Å². The third-order valence-electron chi connectivity index (χ3n) is 7.24. The summed E-state index contributed by atoms with van der Waals surface area (Å²) in [6, 6.07) is 6.29. The van der Waals surface area contributed by atoms with Crippen molar-refractivity contribution in [1.29, 1.82) is 0 Å². The van der Waals surface area contributed by atoms with Gasteiger partial charge in [-0.1, -0.05) is 29.3 Å². The number of thiol groups is 2. The maximum absolute atomic E-state index is 13.4. The van der Waals surface area contributed by atoms with Crippen molar-refractivity contribution in [2.24, 2.45) is 5.92 Å². The average Bonchev–Trinajstić information content (AvgIpc) is 3.13. The van der Waals surface area contributed by atoms with E-state index >= 15 is 0 Å². The summed E-state index contributed by atoms with van der Waals surface area (Å²) in [5.41, 5.74) is 1.06. The predicted octanol–water partition coefficient (Wildman–Crippen LogP) is 3.20. The molecule has 2 aliphatic rings. The maximum Gasteiger partial charge on any atom is 0.234 e. The Bertz CT molecular complexity index is 892. The van der Waals surface area contributed by atoms with Crippen LogP contribution in [0.15, 0.2) is 18.2 Å². The van der Waals surface area contributed by atoms with E-state index in [0.717, 1.165) is 50.9 Å². The molecule has 2 fully saturated rings. The number of benzene rings is 1. The molecule has 2 amide bonds.